The third-order valence-corrected chi connectivity index (χ3v) is 2.81. The number of alkyl halides is 3. The molecule has 0 saturated carbocycles. The Kier molecular flexibility index (Phi) is 4.47. The van der Waals surface area contributed by atoms with Crippen LogP contribution in [-0.4, -0.2) is 13.4 Å². The molecule has 6 heteroatoms. The van der Waals surface area contributed by atoms with Crippen LogP contribution in [0.4, 0.5) is 17.6 Å². The van der Waals surface area contributed by atoms with Gasteiger partial charge in [0.15, 0.2) is 0 Å². The SMILES string of the molecule is CNCc1ccc(F)c(-c2ccc(OC(F)(F)F)cc2)c1. The van der Waals surface area contributed by atoms with E-state index >= 15 is 0 Å². The van der Waals surface area contributed by atoms with Gasteiger partial charge in [0.1, 0.15) is 11.6 Å². The predicted molar refractivity (Wildman–Crippen MR) is 71.3 cm³/mol. The molecule has 0 amide bonds. The summed E-state index contributed by atoms with van der Waals surface area (Å²) in [6.07, 6.45) is -4.74. The van der Waals surface area contributed by atoms with Gasteiger partial charge >= 0.3 is 6.36 Å². The summed E-state index contributed by atoms with van der Waals surface area (Å²) < 4.78 is 53.8. The number of benzene rings is 2. The molecule has 0 radical (unpaired) electrons. The molecule has 1 N–H and O–H groups in total. The molecule has 2 rings (SSSR count). The van der Waals surface area contributed by atoms with Crippen molar-refractivity contribution in [2.24, 2.45) is 0 Å². The quantitative estimate of drug-likeness (QED) is 0.858. The summed E-state index contributed by atoms with van der Waals surface area (Å²) in [4.78, 5) is 0. The number of halogens is 4. The van der Waals surface area contributed by atoms with Crippen LogP contribution in [0, 0.1) is 5.82 Å². The van der Waals surface area contributed by atoms with E-state index in [0.717, 1.165) is 17.7 Å². The molecular weight excluding hydrogens is 286 g/mol. The molecule has 2 aromatic rings. The van der Waals surface area contributed by atoms with E-state index < -0.39 is 12.2 Å². The summed E-state index contributed by atoms with van der Waals surface area (Å²) in [6.45, 7) is 0.572. The van der Waals surface area contributed by atoms with Crippen molar-refractivity contribution in [2.45, 2.75) is 12.9 Å². The molecule has 21 heavy (non-hydrogen) atoms. The van der Waals surface area contributed by atoms with Gasteiger partial charge in [0.05, 0.1) is 0 Å². The molecular formula is C15H13F4NO. The van der Waals surface area contributed by atoms with E-state index in [2.05, 4.69) is 10.1 Å². The molecule has 0 spiro atoms. The van der Waals surface area contributed by atoms with Crippen molar-refractivity contribution in [2.75, 3.05) is 7.05 Å². The summed E-state index contributed by atoms with van der Waals surface area (Å²) >= 11 is 0. The van der Waals surface area contributed by atoms with Crippen LogP contribution >= 0.6 is 0 Å². The fourth-order valence-corrected chi connectivity index (χ4v) is 1.94. The standard InChI is InChI=1S/C15H13F4NO/c1-20-9-10-2-7-14(16)13(8-10)11-3-5-12(6-4-11)21-15(17,18)19/h2-8,20H,9H2,1H3. The van der Waals surface area contributed by atoms with Crippen molar-refractivity contribution in [3.63, 3.8) is 0 Å². The van der Waals surface area contributed by atoms with E-state index in [9.17, 15) is 17.6 Å². The van der Waals surface area contributed by atoms with Crippen LogP contribution in [0.15, 0.2) is 42.5 Å². The Morgan fingerprint density at radius 3 is 2.29 bits per heavy atom. The topological polar surface area (TPSA) is 21.3 Å². The van der Waals surface area contributed by atoms with Gasteiger partial charge in [-0.15, -0.1) is 13.2 Å². The molecule has 0 unspecified atom stereocenters. The van der Waals surface area contributed by atoms with Crippen LogP contribution in [0.5, 0.6) is 5.75 Å². The van der Waals surface area contributed by atoms with Crippen molar-refractivity contribution in [3.05, 3.63) is 53.8 Å². The van der Waals surface area contributed by atoms with Crippen molar-refractivity contribution in [3.8, 4) is 16.9 Å². The van der Waals surface area contributed by atoms with Gasteiger partial charge in [0, 0.05) is 12.1 Å². The van der Waals surface area contributed by atoms with E-state index in [0.29, 0.717) is 17.7 Å². The average Bonchev–Trinajstić information content (AvgIpc) is 2.40. The van der Waals surface area contributed by atoms with Crippen molar-refractivity contribution < 1.29 is 22.3 Å². The monoisotopic (exact) mass is 299 g/mol. The van der Waals surface area contributed by atoms with E-state index in [1.165, 1.54) is 18.2 Å². The summed E-state index contributed by atoms with van der Waals surface area (Å²) in [6, 6.07) is 9.75. The van der Waals surface area contributed by atoms with Gasteiger partial charge in [-0.3, -0.25) is 0 Å². The highest BCUT2D eigenvalue weighted by Crippen LogP contribution is 2.28. The van der Waals surface area contributed by atoms with E-state index in [1.54, 1.807) is 19.2 Å². The fraction of sp³-hybridized carbons (Fsp3) is 0.200. The number of ether oxygens (including phenoxy) is 1. The molecule has 0 fully saturated rings. The first-order valence-electron chi connectivity index (χ1n) is 6.18. The maximum absolute atomic E-state index is 13.8. The Morgan fingerprint density at radius 1 is 1.05 bits per heavy atom. The number of nitrogens with one attached hydrogen (secondary N) is 1. The first-order valence-corrected chi connectivity index (χ1v) is 6.18. The van der Waals surface area contributed by atoms with Crippen LogP contribution in [0.3, 0.4) is 0 Å². The largest absolute Gasteiger partial charge is 0.573 e. The van der Waals surface area contributed by atoms with Crippen LogP contribution in [0.2, 0.25) is 0 Å². The lowest BCUT2D eigenvalue weighted by molar-refractivity contribution is -0.274. The summed E-state index contributed by atoms with van der Waals surface area (Å²) in [7, 11) is 1.77. The summed E-state index contributed by atoms with van der Waals surface area (Å²) in [5, 5.41) is 2.95. The van der Waals surface area contributed by atoms with E-state index in [4.69, 9.17) is 0 Å². The molecule has 0 saturated heterocycles. The highest BCUT2D eigenvalue weighted by Gasteiger charge is 2.30. The van der Waals surface area contributed by atoms with Gasteiger partial charge in [-0.25, -0.2) is 4.39 Å². The Labute approximate surface area is 119 Å². The zero-order valence-corrected chi connectivity index (χ0v) is 11.2. The second-order valence-electron chi connectivity index (χ2n) is 4.42. The second-order valence-corrected chi connectivity index (χ2v) is 4.42. The number of rotatable bonds is 4. The lowest BCUT2D eigenvalue weighted by atomic mass is 10.0. The Balaban J connectivity index is 2.28. The number of hydrogen-bond acceptors (Lipinski definition) is 2. The molecule has 0 aliphatic carbocycles. The molecule has 2 nitrogen and oxygen atoms in total. The molecule has 0 heterocycles. The normalized spacial score (nSPS) is 11.5. The lowest BCUT2D eigenvalue weighted by Crippen LogP contribution is -2.16. The van der Waals surface area contributed by atoms with Crippen LogP contribution < -0.4 is 10.1 Å². The van der Waals surface area contributed by atoms with Gasteiger partial charge in [-0.05, 0) is 42.4 Å². The third-order valence-electron chi connectivity index (χ3n) is 2.81. The smallest absolute Gasteiger partial charge is 0.406 e. The van der Waals surface area contributed by atoms with Crippen LogP contribution in [-0.2, 0) is 6.54 Å². The van der Waals surface area contributed by atoms with Gasteiger partial charge < -0.3 is 10.1 Å². The molecule has 0 atom stereocenters. The minimum atomic E-state index is -4.74. The zero-order chi connectivity index (χ0) is 15.5. The van der Waals surface area contributed by atoms with Crippen LogP contribution in [0.1, 0.15) is 5.56 Å². The maximum Gasteiger partial charge on any atom is 0.573 e. The molecule has 0 aliphatic heterocycles. The Hall–Kier alpha value is -2.08. The fourth-order valence-electron chi connectivity index (χ4n) is 1.94. The lowest BCUT2D eigenvalue weighted by Gasteiger charge is -2.10. The van der Waals surface area contributed by atoms with Gasteiger partial charge in [-0.2, -0.15) is 0 Å². The summed E-state index contributed by atoms with van der Waals surface area (Å²) in [5.74, 6) is -0.766. The van der Waals surface area contributed by atoms with E-state index in [-0.39, 0.29) is 5.75 Å². The average molecular weight is 299 g/mol. The molecule has 2 aromatic carbocycles. The predicted octanol–water partition coefficient (Wildman–Crippen LogP) is 4.11. The Morgan fingerprint density at radius 2 is 1.71 bits per heavy atom. The highest BCUT2D eigenvalue weighted by molar-refractivity contribution is 5.65. The van der Waals surface area contributed by atoms with Gasteiger partial charge in [-0.1, -0.05) is 18.2 Å². The first kappa shape index (κ1) is 15.3. The van der Waals surface area contributed by atoms with Gasteiger partial charge in [0.2, 0.25) is 0 Å². The summed E-state index contributed by atoms with van der Waals surface area (Å²) in [5.41, 5.74) is 1.70. The minimum absolute atomic E-state index is 0.335. The third kappa shape index (κ3) is 4.19. The Bertz CT molecular complexity index is 608. The second kappa shape index (κ2) is 6.13. The zero-order valence-electron chi connectivity index (χ0n) is 11.2. The van der Waals surface area contributed by atoms with E-state index in [1.807, 2.05) is 0 Å². The molecule has 0 aromatic heterocycles. The maximum atomic E-state index is 13.8. The highest BCUT2D eigenvalue weighted by atomic mass is 19.4. The van der Waals surface area contributed by atoms with Crippen molar-refractivity contribution >= 4 is 0 Å². The first-order chi connectivity index (χ1) is 9.89. The molecule has 112 valence electrons. The van der Waals surface area contributed by atoms with Gasteiger partial charge in [0.25, 0.3) is 0 Å². The molecule has 0 aliphatic rings. The number of hydrogen-bond donors (Lipinski definition) is 1. The molecule has 0 bridgehead atoms. The van der Waals surface area contributed by atoms with Crippen molar-refractivity contribution in [1.82, 2.24) is 5.32 Å². The van der Waals surface area contributed by atoms with Crippen molar-refractivity contribution in [1.29, 1.82) is 0 Å². The minimum Gasteiger partial charge on any atom is -0.406 e. The van der Waals surface area contributed by atoms with Crippen LogP contribution in [0.25, 0.3) is 11.1 Å².